The zero-order chi connectivity index (χ0) is 25.6. The van der Waals surface area contributed by atoms with E-state index in [-0.39, 0.29) is 61.1 Å². The fourth-order valence-corrected chi connectivity index (χ4v) is 4.94. The Morgan fingerprint density at radius 1 is 1.22 bits per heavy atom. The summed E-state index contributed by atoms with van der Waals surface area (Å²) < 4.78 is 50.0. The molecule has 0 unspecified atom stereocenters. The minimum Gasteiger partial charge on any atom is -0.389 e. The fourth-order valence-electron chi connectivity index (χ4n) is 4.74. The van der Waals surface area contributed by atoms with Crippen molar-refractivity contribution in [2.24, 2.45) is 0 Å². The van der Waals surface area contributed by atoms with E-state index in [0.717, 1.165) is 0 Å². The predicted octanol–water partition coefficient (Wildman–Crippen LogP) is 4.66. The van der Waals surface area contributed by atoms with Crippen LogP contribution in [0.5, 0.6) is 0 Å². The van der Waals surface area contributed by atoms with E-state index in [0.29, 0.717) is 35.8 Å². The first-order valence-corrected chi connectivity index (χ1v) is 12.4. The lowest BCUT2D eigenvalue weighted by molar-refractivity contribution is -0.0223. The lowest BCUT2D eigenvalue weighted by Gasteiger charge is -2.33. The molecule has 2 aromatic heterocycles. The number of rotatable bonds is 5. The molecule has 2 saturated heterocycles. The van der Waals surface area contributed by atoms with Crippen LogP contribution in [0.2, 0.25) is 5.02 Å². The number of piperidine rings is 1. The Morgan fingerprint density at radius 2 is 1.97 bits per heavy atom. The molecule has 2 aliphatic rings. The van der Waals surface area contributed by atoms with Crippen LogP contribution in [0.3, 0.4) is 0 Å². The number of hydrogen-bond acceptors (Lipinski definition) is 7. The Labute approximate surface area is 211 Å². The first-order valence-electron chi connectivity index (χ1n) is 12.0. The van der Waals surface area contributed by atoms with E-state index in [4.69, 9.17) is 16.3 Å². The van der Waals surface area contributed by atoms with E-state index in [2.05, 4.69) is 20.3 Å². The third kappa shape index (κ3) is 4.83. The van der Waals surface area contributed by atoms with Gasteiger partial charge in [0, 0.05) is 44.1 Å². The predicted molar refractivity (Wildman–Crippen MR) is 131 cm³/mol. The molecular weight excluding hydrogens is 497 g/mol. The zero-order valence-corrected chi connectivity index (χ0v) is 20.8. The Kier molecular flexibility index (Phi) is 6.73. The highest BCUT2D eigenvalue weighted by atomic mass is 35.5. The molecular formula is C24H28ClF3N6O2. The van der Waals surface area contributed by atoms with E-state index < -0.39 is 17.8 Å². The van der Waals surface area contributed by atoms with Crippen molar-refractivity contribution in [2.45, 2.75) is 57.2 Å². The second-order valence-electron chi connectivity index (χ2n) is 9.62. The minimum atomic E-state index is -2.69. The van der Waals surface area contributed by atoms with Crippen LogP contribution in [0, 0.1) is 5.82 Å². The lowest BCUT2D eigenvalue weighted by Crippen LogP contribution is -2.42. The molecule has 0 radical (unpaired) electrons. The summed E-state index contributed by atoms with van der Waals surface area (Å²) in [6, 6.07) is 2.69. The molecule has 194 valence electrons. The maximum atomic E-state index is 15.4. The Hall–Kier alpha value is -2.63. The molecule has 2 N–H and O–H groups in total. The molecule has 5 rings (SSSR count). The maximum absolute atomic E-state index is 15.4. The number of fused-ring (bicyclic) bond motifs is 1. The molecule has 1 aromatic carbocycles. The monoisotopic (exact) mass is 524 g/mol. The number of hydrogen-bond donors (Lipinski definition) is 2. The number of nitrogens with one attached hydrogen (secondary N) is 1. The summed E-state index contributed by atoms with van der Waals surface area (Å²) >= 11 is 6.42. The Bertz CT molecular complexity index is 1260. The van der Waals surface area contributed by atoms with Gasteiger partial charge in [-0.15, -0.1) is 0 Å². The molecule has 12 heteroatoms. The van der Waals surface area contributed by atoms with Crippen LogP contribution in [-0.4, -0.2) is 69.0 Å². The summed E-state index contributed by atoms with van der Waals surface area (Å²) in [4.78, 5) is 15.0. The van der Waals surface area contributed by atoms with E-state index in [1.54, 1.807) is 11.0 Å². The van der Waals surface area contributed by atoms with Gasteiger partial charge in [0.05, 0.1) is 41.2 Å². The van der Waals surface area contributed by atoms with Gasteiger partial charge in [0.2, 0.25) is 11.9 Å². The number of benzene rings is 1. The standard InChI is InChI=1S/C24H28ClF3N6O2/c1-13(2)34-18-10-14(9-16(26)21(18)32-23(34)33-6-4-24(27,28)5-7-33)20-15(25)11-29-22(31-20)30-17-3-8-36-12-19(17)35/h9-11,13,17,19,35H,3-8,12H2,1-2H3,(H,29,30,31)/t17-,19-/m1/s1. The average Bonchev–Trinajstić information content (AvgIpc) is 3.22. The van der Waals surface area contributed by atoms with Crippen LogP contribution in [0.25, 0.3) is 22.3 Å². The highest BCUT2D eigenvalue weighted by Crippen LogP contribution is 2.36. The third-order valence-electron chi connectivity index (χ3n) is 6.68. The first kappa shape index (κ1) is 25.0. The quantitative estimate of drug-likeness (QED) is 0.501. The zero-order valence-electron chi connectivity index (χ0n) is 20.0. The summed E-state index contributed by atoms with van der Waals surface area (Å²) in [7, 11) is 0. The summed E-state index contributed by atoms with van der Waals surface area (Å²) in [5.74, 6) is -2.53. The minimum absolute atomic E-state index is 0.102. The average molecular weight is 525 g/mol. The number of anilines is 2. The maximum Gasteiger partial charge on any atom is 0.251 e. The number of imidazole rings is 1. The number of ether oxygens (including phenoxy) is 1. The van der Waals surface area contributed by atoms with Gasteiger partial charge in [-0.3, -0.25) is 0 Å². The van der Waals surface area contributed by atoms with Crippen molar-refractivity contribution in [3.05, 3.63) is 29.2 Å². The Morgan fingerprint density at radius 3 is 2.67 bits per heavy atom. The van der Waals surface area contributed by atoms with Gasteiger partial charge in [-0.05, 0) is 32.4 Å². The molecule has 2 atom stereocenters. The molecule has 2 aliphatic heterocycles. The normalized spacial score (nSPS) is 22.4. The van der Waals surface area contributed by atoms with Crippen molar-refractivity contribution in [1.82, 2.24) is 19.5 Å². The number of halogens is 4. The number of aromatic nitrogens is 4. The SMILES string of the molecule is CC(C)n1c(N2CCC(F)(F)CC2)nc2c(F)cc(-c3nc(N[C@@H]4CCOC[C@H]4O)ncc3Cl)cc21. The number of aliphatic hydroxyl groups excluding tert-OH is 1. The van der Waals surface area contributed by atoms with Gasteiger partial charge >= 0.3 is 0 Å². The lowest BCUT2D eigenvalue weighted by atomic mass is 10.1. The van der Waals surface area contributed by atoms with Crippen molar-refractivity contribution in [3.8, 4) is 11.3 Å². The summed E-state index contributed by atoms with van der Waals surface area (Å²) in [5.41, 5.74) is 1.44. The van der Waals surface area contributed by atoms with Gasteiger partial charge < -0.3 is 24.6 Å². The van der Waals surface area contributed by atoms with Gasteiger partial charge in [0.15, 0.2) is 5.82 Å². The summed E-state index contributed by atoms with van der Waals surface area (Å²) in [6.45, 7) is 4.88. The van der Waals surface area contributed by atoms with E-state index in [1.165, 1.54) is 12.3 Å². The van der Waals surface area contributed by atoms with Gasteiger partial charge in [0.1, 0.15) is 5.52 Å². The van der Waals surface area contributed by atoms with E-state index in [9.17, 15) is 13.9 Å². The highest BCUT2D eigenvalue weighted by molar-refractivity contribution is 6.33. The molecule has 0 spiro atoms. The Balaban J connectivity index is 1.53. The highest BCUT2D eigenvalue weighted by Gasteiger charge is 2.36. The van der Waals surface area contributed by atoms with Crippen molar-refractivity contribution in [3.63, 3.8) is 0 Å². The topological polar surface area (TPSA) is 88.3 Å². The second-order valence-corrected chi connectivity index (χ2v) is 10.0. The molecule has 0 bridgehead atoms. The third-order valence-corrected chi connectivity index (χ3v) is 6.96. The van der Waals surface area contributed by atoms with Gasteiger partial charge in [-0.1, -0.05) is 11.6 Å². The van der Waals surface area contributed by atoms with Gasteiger partial charge in [-0.25, -0.2) is 28.1 Å². The second kappa shape index (κ2) is 9.68. The fraction of sp³-hybridized carbons (Fsp3) is 0.542. The smallest absolute Gasteiger partial charge is 0.251 e. The summed E-state index contributed by atoms with van der Waals surface area (Å²) in [6.07, 6.45) is 0.775. The van der Waals surface area contributed by atoms with Crippen LogP contribution >= 0.6 is 11.6 Å². The molecule has 0 amide bonds. The molecule has 0 aliphatic carbocycles. The number of alkyl halides is 2. The van der Waals surface area contributed by atoms with Crippen molar-refractivity contribution in [2.75, 3.05) is 36.5 Å². The van der Waals surface area contributed by atoms with E-state index in [1.807, 2.05) is 18.4 Å². The number of nitrogens with zero attached hydrogens (tertiary/aromatic N) is 5. The van der Waals surface area contributed by atoms with Crippen LogP contribution in [0.1, 0.15) is 39.2 Å². The molecule has 2 fully saturated rings. The van der Waals surface area contributed by atoms with Crippen molar-refractivity contribution >= 4 is 34.5 Å². The first-order chi connectivity index (χ1) is 17.1. The summed E-state index contributed by atoms with van der Waals surface area (Å²) in [5, 5.41) is 13.5. The molecule has 0 saturated carbocycles. The number of aliphatic hydroxyl groups is 1. The van der Waals surface area contributed by atoms with E-state index >= 15 is 4.39 Å². The molecule has 36 heavy (non-hydrogen) atoms. The van der Waals surface area contributed by atoms with Gasteiger partial charge in [0.25, 0.3) is 5.92 Å². The van der Waals surface area contributed by atoms with Crippen LogP contribution in [0.4, 0.5) is 25.1 Å². The van der Waals surface area contributed by atoms with Crippen LogP contribution in [0.15, 0.2) is 18.3 Å². The molecule has 4 heterocycles. The van der Waals surface area contributed by atoms with Crippen molar-refractivity contribution in [1.29, 1.82) is 0 Å². The van der Waals surface area contributed by atoms with Gasteiger partial charge in [-0.2, -0.15) is 0 Å². The van der Waals surface area contributed by atoms with Crippen molar-refractivity contribution < 1.29 is 23.0 Å². The molecule has 8 nitrogen and oxygen atoms in total. The van der Waals surface area contributed by atoms with Crippen LogP contribution in [-0.2, 0) is 4.74 Å². The van der Waals surface area contributed by atoms with Crippen LogP contribution < -0.4 is 10.2 Å². The largest absolute Gasteiger partial charge is 0.389 e. The molecule has 3 aromatic rings.